The number of nitrogens with one attached hydrogen (secondary N) is 1. The van der Waals surface area contributed by atoms with Crippen molar-refractivity contribution in [1.29, 1.82) is 0 Å². The third kappa shape index (κ3) is 4.43. The van der Waals surface area contributed by atoms with Crippen molar-refractivity contribution in [2.45, 2.75) is 25.0 Å². The van der Waals surface area contributed by atoms with E-state index in [1.54, 1.807) is 28.8 Å². The molecule has 0 bridgehead atoms. The Hall–Kier alpha value is -2.35. The number of likely N-dealkylation sites (tertiary alicyclic amines) is 1. The van der Waals surface area contributed by atoms with E-state index < -0.39 is 5.97 Å². The number of rotatable bonds is 6. The summed E-state index contributed by atoms with van der Waals surface area (Å²) in [5.41, 5.74) is 0.521. The highest BCUT2D eigenvalue weighted by Crippen LogP contribution is 2.19. The zero-order valence-electron chi connectivity index (χ0n) is 14.3. The number of fused-ring (bicyclic) bond motifs is 1. The highest BCUT2D eigenvalue weighted by atomic mass is 32.2. The predicted octanol–water partition coefficient (Wildman–Crippen LogP) is 1.87. The third-order valence-electron chi connectivity index (χ3n) is 4.56. The van der Waals surface area contributed by atoms with Gasteiger partial charge in [0.1, 0.15) is 5.82 Å². The van der Waals surface area contributed by atoms with Crippen LogP contribution in [-0.2, 0) is 15.3 Å². The molecule has 1 fully saturated rings. The van der Waals surface area contributed by atoms with Crippen molar-refractivity contribution >= 4 is 34.5 Å². The van der Waals surface area contributed by atoms with Crippen LogP contribution in [0.2, 0.25) is 0 Å². The lowest BCUT2D eigenvalue weighted by Crippen LogP contribution is -2.40. The van der Waals surface area contributed by atoms with Crippen molar-refractivity contribution < 1.29 is 14.7 Å². The minimum atomic E-state index is -0.774. The van der Waals surface area contributed by atoms with Crippen molar-refractivity contribution in [1.82, 2.24) is 14.9 Å². The number of para-hydroxylation sites is 1. The highest BCUT2D eigenvalue weighted by molar-refractivity contribution is 7.98. The summed E-state index contributed by atoms with van der Waals surface area (Å²) < 4.78 is 0. The van der Waals surface area contributed by atoms with E-state index in [0.29, 0.717) is 60.6 Å². The molecule has 1 saturated heterocycles. The number of carboxylic acid groups (broad SMARTS) is 1. The van der Waals surface area contributed by atoms with Crippen LogP contribution in [-0.4, -0.2) is 50.7 Å². The lowest BCUT2D eigenvalue weighted by atomic mass is 9.97. The second-order valence-corrected chi connectivity index (χ2v) is 7.43. The first-order chi connectivity index (χ1) is 12.5. The van der Waals surface area contributed by atoms with Crippen LogP contribution in [0.5, 0.6) is 0 Å². The van der Waals surface area contributed by atoms with Gasteiger partial charge in [-0.15, -0.1) is 0 Å². The van der Waals surface area contributed by atoms with Gasteiger partial charge in [-0.05, 0) is 25.0 Å². The van der Waals surface area contributed by atoms with Gasteiger partial charge in [-0.3, -0.25) is 14.4 Å². The van der Waals surface area contributed by atoms with E-state index in [-0.39, 0.29) is 17.4 Å². The maximum atomic E-state index is 12.2. The van der Waals surface area contributed by atoms with Gasteiger partial charge in [0.25, 0.3) is 5.56 Å². The molecule has 1 aliphatic rings. The van der Waals surface area contributed by atoms with Crippen LogP contribution in [0.15, 0.2) is 29.1 Å². The fourth-order valence-electron chi connectivity index (χ4n) is 3.07. The van der Waals surface area contributed by atoms with Gasteiger partial charge < -0.3 is 15.0 Å². The van der Waals surface area contributed by atoms with Gasteiger partial charge in [0.05, 0.1) is 22.6 Å². The monoisotopic (exact) mass is 375 g/mol. The highest BCUT2D eigenvalue weighted by Gasteiger charge is 2.26. The molecule has 1 amide bonds. The fraction of sp³-hybridized carbons (Fsp3) is 0.444. The SMILES string of the molecule is O=C(O)C1CCN(C(=O)CCSCc2nc3ccccc3c(=O)[nH]2)CC1. The van der Waals surface area contributed by atoms with E-state index in [9.17, 15) is 14.4 Å². The molecule has 7 nitrogen and oxygen atoms in total. The molecule has 8 heteroatoms. The number of carbonyl (C=O) groups excluding carboxylic acids is 1. The Balaban J connectivity index is 1.45. The summed E-state index contributed by atoms with van der Waals surface area (Å²) in [7, 11) is 0. The number of carbonyl (C=O) groups is 2. The maximum Gasteiger partial charge on any atom is 0.306 e. The summed E-state index contributed by atoms with van der Waals surface area (Å²) in [6, 6.07) is 7.20. The summed E-state index contributed by atoms with van der Waals surface area (Å²) in [6.07, 6.45) is 1.45. The topological polar surface area (TPSA) is 103 Å². The number of carboxylic acids is 1. The molecule has 2 N–H and O–H groups in total. The number of benzene rings is 1. The van der Waals surface area contributed by atoms with Crippen molar-refractivity contribution in [3.63, 3.8) is 0 Å². The number of hydrogen-bond donors (Lipinski definition) is 2. The van der Waals surface area contributed by atoms with Gasteiger partial charge in [0, 0.05) is 25.3 Å². The lowest BCUT2D eigenvalue weighted by Gasteiger charge is -2.30. The van der Waals surface area contributed by atoms with Crippen molar-refractivity contribution in [3.8, 4) is 0 Å². The van der Waals surface area contributed by atoms with Gasteiger partial charge in [-0.25, -0.2) is 4.98 Å². The fourth-order valence-corrected chi connectivity index (χ4v) is 3.86. The number of hydrogen-bond acceptors (Lipinski definition) is 5. The molecule has 138 valence electrons. The molecule has 3 rings (SSSR count). The molecule has 0 unspecified atom stereocenters. The van der Waals surface area contributed by atoms with Crippen LogP contribution in [0, 0.1) is 5.92 Å². The number of amides is 1. The van der Waals surface area contributed by atoms with Crippen LogP contribution < -0.4 is 5.56 Å². The molecule has 0 atom stereocenters. The standard InChI is InChI=1S/C18H21N3O4S/c22-16(21-8-5-12(6-9-21)18(24)25)7-10-26-11-15-19-14-4-2-1-3-13(14)17(23)20-15/h1-4,12H,5-11H2,(H,24,25)(H,19,20,23). The number of aliphatic carboxylic acids is 1. The molecule has 1 aromatic heterocycles. The number of H-pyrrole nitrogens is 1. The van der Waals surface area contributed by atoms with E-state index in [1.807, 2.05) is 12.1 Å². The van der Waals surface area contributed by atoms with Crippen LogP contribution in [0.3, 0.4) is 0 Å². The Labute approximate surface area is 154 Å². The Morgan fingerprint density at radius 3 is 2.73 bits per heavy atom. The van der Waals surface area contributed by atoms with Crippen LogP contribution >= 0.6 is 11.8 Å². The molecule has 0 radical (unpaired) electrons. The third-order valence-corrected chi connectivity index (χ3v) is 5.53. The summed E-state index contributed by atoms with van der Waals surface area (Å²) in [5.74, 6) is 0.728. The Morgan fingerprint density at radius 1 is 1.27 bits per heavy atom. The van der Waals surface area contributed by atoms with Crippen LogP contribution in [0.1, 0.15) is 25.1 Å². The lowest BCUT2D eigenvalue weighted by molar-refractivity contribution is -0.145. The minimum Gasteiger partial charge on any atom is -0.481 e. The van der Waals surface area contributed by atoms with Gasteiger partial charge >= 0.3 is 5.97 Å². The average Bonchev–Trinajstić information content (AvgIpc) is 2.65. The molecule has 2 aromatic rings. The van der Waals surface area contributed by atoms with E-state index in [2.05, 4.69) is 9.97 Å². The van der Waals surface area contributed by atoms with E-state index in [0.717, 1.165) is 0 Å². The normalized spacial score (nSPS) is 15.3. The van der Waals surface area contributed by atoms with Gasteiger partial charge in [-0.2, -0.15) is 11.8 Å². The summed E-state index contributed by atoms with van der Waals surface area (Å²) in [5, 5.41) is 9.56. The first-order valence-electron chi connectivity index (χ1n) is 8.61. The Kier molecular flexibility index (Phi) is 5.92. The first-order valence-corrected chi connectivity index (χ1v) is 9.76. The first kappa shape index (κ1) is 18.4. The molecule has 0 spiro atoms. The number of aromatic nitrogens is 2. The molecule has 0 saturated carbocycles. The molecule has 1 aromatic carbocycles. The van der Waals surface area contributed by atoms with Crippen molar-refractivity contribution in [2.24, 2.45) is 5.92 Å². The molecule has 0 aliphatic carbocycles. The van der Waals surface area contributed by atoms with Gasteiger partial charge in [0.15, 0.2) is 0 Å². The second kappa shape index (κ2) is 8.35. The number of nitrogens with zero attached hydrogens (tertiary/aromatic N) is 2. The van der Waals surface area contributed by atoms with E-state index >= 15 is 0 Å². The molecular weight excluding hydrogens is 354 g/mol. The van der Waals surface area contributed by atoms with Gasteiger partial charge in [0.2, 0.25) is 5.91 Å². The van der Waals surface area contributed by atoms with Crippen LogP contribution in [0.25, 0.3) is 10.9 Å². The predicted molar refractivity (Wildman–Crippen MR) is 100 cm³/mol. The smallest absolute Gasteiger partial charge is 0.306 e. The quantitative estimate of drug-likeness (QED) is 0.747. The second-order valence-electron chi connectivity index (χ2n) is 6.33. The molecular formula is C18H21N3O4S. The van der Waals surface area contributed by atoms with E-state index in [1.165, 1.54) is 0 Å². The maximum absolute atomic E-state index is 12.2. The zero-order valence-corrected chi connectivity index (χ0v) is 15.1. The van der Waals surface area contributed by atoms with Gasteiger partial charge in [-0.1, -0.05) is 12.1 Å². The zero-order chi connectivity index (χ0) is 18.5. The Morgan fingerprint density at radius 2 is 2.00 bits per heavy atom. The summed E-state index contributed by atoms with van der Waals surface area (Å²) >= 11 is 1.55. The summed E-state index contributed by atoms with van der Waals surface area (Å²) in [4.78, 5) is 44.1. The molecule has 26 heavy (non-hydrogen) atoms. The average molecular weight is 375 g/mol. The molecule has 1 aliphatic heterocycles. The number of thioether (sulfide) groups is 1. The minimum absolute atomic E-state index is 0.0568. The van der Waals surface area contributed by atoms with Crippen LogP contribution in [0.4, 0.5) is 0 Å². The Bertz CT molecular complexity index is 859. The number of piperidine rings is 1. The largest absolute Gasteiger partial charge is 0.481 e. The van der Waals surface area contributed by atoms with Crippen molar-refractivity contribution in [3.05, 3.63) is 40.4 Å². The molecule has 2 heterocycles. The van der Waals surface area contributed by atoms with Crippen molar-refractivity contribution in [2.75, 3.05) is 18.8 Å². The van der Waals surface area contributed by atoms with E-state index in [4.69, 9.17) is 5.11 Å². The number of aromatic amines is 1. The summed E-state index contributed by atoms with van der Waals surface area (Å²) in [6.45, 7) is 1.03.